The molecule has 2 amide bonds. The molecular formula is C27H36Cl2N4O4. The summed E-state index contributed by atoms with van der Waals surface area (Å²) in [5.41, 5.74) is 4.28. The van der Waals surface area contributed by atoms with E-state index in [-0.39, 0.29) is 5.92 Å². The molecule has 2 atom stereocenters. The van der Waals surface area contributed by atoms with Crippen LogP contribution in [0.25, 0.3) is 0 Å². The molecule has 10 heteroatoms. The van der Waals surface area contributed by atoms with E-state index in [1.165, 1.54) is 12.3 Å². The largest absolute Gasteiger partial charge is 0.496 e. The normalized spacial score (nSPS) is 12.8. The molecule has 2 aromatic rings. The first-order valence-corrected chi connectivity index (χ1v) is 13.0. The van der Waals surface area contributed by atoms with Gasteiger partial charge >= 0.3 is 0 Å². The Bertz CT molecular complexity index is 1090. The molecule has 0 saturated carbocycles. The highest BCUT2D eigenvalue weighted by Crippen LogP contribution is 2.28. The zero-order valence-electron chi connectivity index (χ0n) is 22.2. The number of amides is 2. The Morgan fingerprint density at radius 2 is 1.73 bits per heavy atom. The van der Waals surface area contributed by atoms with Crippen LogP contribution in [0.2, 0.25) is 10.0 Å². The van der Waals surface area contributed by atoms with Gasteiger partial charge in [0.1, 0.15) is 17.5 Å². The molecule has 0 heterocycles. The zero-order chi connectivity index (χ0) is 27.5. The smallest absolute Gasteiger partial charge is 0.262 e. The Balaban J connectivity index is 2.07. The number of benzene rings is 2. The maximum Gasteiger partial charge on any atom is 0.262 e. The minimum absolute atomic E-state index is 0.148. The average molecular weight is 552 g/mol. The van der Waals surface area contributed by atoms with Gasteiger partial charge in [-0.25, -0.2) is 5.43 Å². The summed E-state index contributed by atoms with van der Waals surface area (Å²) in [7, 11) is 1.59. The van der Waals surface area contributed by atoms with E-state index in [2.05, 4.69) is 34.6 Å². The summed E-state index contributed by atoms with van der Waals surface area (Å²) in [5, 5.41) is 7.61. The summed E-state index contributed by atoms with van der Waals surface area (Å²) >= 11 is 12.1. The molecule has 8 nitrogen and oxygen atoms in total. The number of nitrogens with zero attached hydrogens (tertiary/aromatic N) is 2. The number of nitrogens with one attached hydrogen (secondary N) is 2. The summed E-state index contributed by atoms with van der Waals surface area (Å²) in [5.74, 6) is 0.221. The van der Waals surface area contributed by atoms with Gasteiger partial charge in [0, 0.05) is 35.4 Å². The predicted octanol–water partition coefficient (Wildman–Crippen LogP) is 5.30. The molecule has 0 radical (unpaired) electrons. The Morgan fingerprint density at radius 1 is 1.03 bits per heavy atom. The van der Waals surface area contributed by atoms with E-state index in [4.69, 9.17) is 32.7 Å². The summed E-state index contributed by atoms with van der Waals surface area (Å²) in [6.07, 6.45) is 1.05. The van der Waals surface area contributed by atoms with E-state index in [1.807, 2.05) is 32.0 Å². The van der Waals surface area contributed by atoms with Gasteiger partial charge in [-0.15, -0.1) is 0 Å². The van der Waals surface area contributed by atoms with Crippen molar-refractivity contribution in [2.24, 2.45) is 11.0 Å². The third-order valence-corrected chi connectivity index (χ3v) is 6.16. The van der Waals surface area contributed by atoms with Crippen LogP contribution in [0.3, 0.4) is 0 Å². The van der Waals surface area contributed by atoms with E-state index in [1.54, 1.807) is 26.2 Å². The van der Waals surface area contributed by atoms with Crippen molar-refractivity contribution in [3.8, 4) is 11.5 Å². The lowest BCUT2D eigenvalue weighted by Gasteiger charge is -2.22. The molecule has 2 N–H and O–H groups in total. The summed E-state index contributed by atoms with van der Waals surface area (Å²) in [6.45, 7) is 11.4. The number of hydrogen-bond acceptors (Lipinski definition) is 6. The molecule has 2 aromatic carbocycles. The molecule has 0 spiro atoms. The molecule has 0 aliphatic rings. The lowest BCUT2D eigenvalue weighted by Crippen LogP contribution is -2.49. The highest BCUT2D eigenvalue weighted by Gasteiger charge is 2.25. The number of anilines is 1. The fourth-order valence-corrected chi connectivity index (χ4v) is 4.10. The van der Waals surface area contributed by atoms with Crippen LogP contribution >= 0.6 is 23.2 Å². The first-order valence-electron chi connectivity index (χ1n) is 12.3. The summed E-state index contributed by atoms with van der Waals surface area (Å²) in [4.78, 5) is 27.9. The van der Waals surface area contributed by atoms with Crippen molar-refractivity contribution >= 4 is 46.9 Å². The molecule has 2 rings (SSSR count). The first-order chi connectivity index (χ1) is 17.6. The van der Waals surface area contributed by atoms with E-state index in [9.17, 15) is 9.59 Å². The van der Waals surface area contributed by atoms with Crippen molar-refractivity contribution in [1.82, 2.24) is 10.7 Å². The number of rotatable bonds is 13. The van der Waals surface area contributed by atoms with Crippen LogP contribution in [0.4, 0.5) is 5.69 Å². The molecule has 37 heavy (non-hydrogen) atoms. The summed E-state index contributed by atoms with van der Waals surface area (Å²) < 4.78 is 11.2. The monoisotopic (exact) mass is 550 g/mol. The van der Waals surface area contributed by atoms with Gasteiger partial charge in [0.2, 0.25) is 0 Å². The standard InChI is InChI=1S/C27H36Cl2N4O4/c1-7-33(8-2)21-11-9-19(25(15-21)36-6)16-30-32-27(35)23(13-17(3)4)31-26(34)18(5)37-24-12-10-20(28)14-22(24)29/h9-12,14-18,23H,7-8,13H2,1-6H3,(H,31,34)(H,32,35)/b30-16-/t18-,23-/m0/s1. The molecule has 0 aliphatic carbocycles. The third kappa shape index (κ3) is 9.13. The van der Waals surface area contributed by atoms with Gasteiger partial charge in [-0.05, 0) is 63.4 Å². The number of ether oxygens (including phenoxy) is 2. The van der Waals surface area contributed by atoms with Gasteiger partial charge in [-0.1, -0.05) is 37.0 Å². The third-order valence-electron chi connectivity index (χ3n) is 5.63. The Hall–Kier alpha value is -2.97. The first kappa shape index (κ1) is 30.3. The van der Waals surface area contributed by atoms with Crippen LogP contribution in [0.1, 0.15) is 46.6 Å². The Kier molecular flexibility index (Phi) is 12.0. The molecule has 0 aromatic heterocycles. The van der Waals surface area contributed by atoms with E-state index < -0.39 is 24.0 Å². The average Bonchev–Trinajstić information content (AvgIpc) is 2.86. The summed E-state index contributed by atoms with van der Waals surface area (Å²) in [6, 6.07) is 9.74. The minimum Gasteiger partial charge on any atom is -0.496 e. The van der Waals surface area contributed by atoms with Crippen LogP contribution in [0.5, 0.6) is 11.5 Å². The number of carbonyl (C=O) groups excluding carboxylic acids is 2. The highest BCUT2D eigenvalue weighted by atomic mass is 35.5. The van der Waals surface area contributed by atoms with Gasteiger partial charge in [-0.3, -0.25) is 9.59 Å². The van der Waals surface area contributed by atoms with Gasteiger partial charge < -0.3 is 19.7 Å². The van der Waals surface area contributed by atoms with Gasteiger partial charge in [0.25, 0.3) is 11.8 Å². The fourth-order valence-electron chi connectivity index (χ4n) is 3.64. The van der Waals surface area contributed by atoms with Crippen molar-refractivity contribution in [2.75, 3.05) is 25.1 Å². The van der Waals surface area contributed by atoms with Crippen molar-refractivity contribution in [3.05, 3.63) is 52.0 Å². The second-order valence-corrected chi connectivity index (χ2v) is 9.70. The van der Waals surface area contributed by atoms with Crippen molar-refractivity contribution < 1.29 is 19.1 Å². The highest BCUT2D eigenvalue weighted by molar-refractivity contribution is 6.35. The SMILES string of the molecule is CCN(CC)c1ccc(/C=N\NC(=O)[C@H](CC(C)C)NC(=O)[C@H](C)Oc2ccc(Cl)cc2Cl)c(OC)c1. The second kappa shape index (κ2) is 14.7. The quantitative estimate of drug-likeness (QED) is 0.261. The maximum atomic E-state index is 12.9. The lowest BCUT2D eigenvalue weighted by molar-refractivity contribution is -0.132. The minimum atomic E-state index is -0.891. The molecule has 0 aliphatic heterocycles. The van der Waals surface area contributed by atoms with E-state index in [0.717, 1.165) is 18.8 Å². The number of carbonyl (C=O) groups is 2. The van der Waals surface area contributed by atoms with Crippen LogP contribution in [0.15, 0.2) is 41.5 Å². The van der Waals surface area contributed by atoms with Crippen molar-refractivity contribution in [1.29, 1.82) is 0 Å². The molecule has 0 bridgehead atoms. The predicted molar refractivity (Wildman–Crippen MR) is 150 cm³/mol. The second-order valence-electron chi connectivity index (χ2n) is 8.86. The van der Waals surface area contributed by atoms with Crippen LogP contribution < -0.4 is 25.1 Å². The van der Waals surface area contributed by atoms with Gasteiger partial charge in [0.15, 0.2) is 6.10 Å². The van der Waals surface area contributed by atoms with Crippen LogP contribution in [-0.4, -0.2) is 50.4 Å². The molecule has 0 unspecified atom stereocenters. The Labute approximate surface area is 229 Å². The maximum absolute atomic E-state index is 12.9. The number of methoxy groups -OCH3 is 1. The van der Waals surface area contributed by atoms with Crippen LogP contribution in [0, 0.1) is 5.92 Å². The fraction of sp³-hybridized carbons (Fsp3) is 0.444. The number of halogens is 2. The Morgan fingerprint density at radius 3 is 2.32 bits per heavy atom. The van der Waals surface area contributed by atoms with Crippen molar-refractivity contribution in [3.63, 3.8) is 0 Å². The molecule has 0 saturated heterocycles. The van der Waals surface area contributed by atoms with E-state index >= 15 is 0 Å². The van der Waals surface area contributed by atoms with E-state index in [0.29, 0.717) is 33.5 Å². The van der Waals surface area contributed by atoms with Crippen molar-refractivity contribution in [2.45, 2.75) is 53.2 Å². The topological polar surface area (TPSA) is 92.3 Å². The zero-order valence-corrected chi connectivity index (χ0v) is 23.7. The lowest BCUT2D eigenvalue weighted by atomic mass is 10.0. The molecule has 0 fully saturated rings. The number of hydrazone groups is 1. The van der Waals surface area contributed by atoms with Gasteiger partial charge in [0.05, 0.1) is 18.3 Å². The van der Waals surface area contributed by atoms with Gasteiger partial charge in [-0.2, -0.15) is 5.10 Å². The number of hydrogen-bond donors (Lipinski definition) is 2. The molecule has 202 valence electrons. The molecular weight excluding hydrogens is 515 g/mol. The van der Waals surface area contributed by atoms with Crippen LogP contribution in [-0.2, 0) is 9.59 Å².